The minimum absolute atomic E-state index is 0.101. The molecule has 2 N–H and O–H groups in total. The summed E-state index contributed by atoms with van der Waals surface area (Å²) in [4.78, 5) is 14.7. The number of nitrogens with zero attached hydrogens (tertiary/aromatic N) is 3. The van der Waals surface area contributed by atoms with Gasteiger partial charge in [-0.15, -0.1) is 0 Å². The highest BCUT2D eigenvalue weighted by Crippen LogP contribution is 2.20. The maximum Gasteiger partial charge on any atom is 0.315 e. The molecule has 1 aliphatic rings. The lowest BCUT2D eigenvalue weighted by molar-refractivity contribution is 0.122. The van der Waals surface area contributed by atoms with E-state index in [1.165, 1.54) is 5.69 Å². The zero-order valence-corrected chi connectivity index (χ0v) is 18.2. The monoisotopic (exact) mass is 439 g/mol. The minimum atomic E-state index is -0.219. The van der Waals surface area contributed by atoms with Gasteiger partial charge in [-0.05, 0) is 48.9 Å². The van der Waals surface area contributed by atoms with Crippen LogP contribution in [0.25, 0.3) is 5.69 Å². The molecule has 1 aromatic heterocycles. The van der Waals surface area contributed by atoms with Crippen molar-refractivity contribution in [3.63, 3.8) is 0 Å². The second kappa shape index (κ2) is 9.85. The highest BCUT2D eigenvalue weighted by Gasteiger charge is 2.13. The summed E-state index contributed by atoms with van der Waals surface area (Å²) in [6, 6.07) is 15.4. The Bertz CT molecular complexity index is 998. The average Bonchev–Trinajstić information content (AvgIpc) is 3.28. The lowest BCUT2D eigenvalue weighted by atomic mass is 10.1. The van der Waals surface area contributed by atoms with E-state index in [0.29, 0.717) is 11.6 Å². The van der Waals surface area contributed by atoms with Crippen LogP contribution < -0.4 is 15.5 Å². The van der Waals surface area contributed by atoms with E-state index in [4.69, 9.17) is 16.3 Å². The summed E-state index contributed by atoms with van der Waals surface area (Å²) < 4.78 is 7.16. The van der Waals surface area contributed by atoms with Gasteiger partial charge in [-0.2, -0.15) is 5.10 Å². The first-order valence-corrected chi connectivity index (χ1v) is 10.7. The van der Waals surface area contributed by atoms with Gasteiger partial charge in [-0.3, -0.25) is 0 Å². The number of benzene rings is 2. The van der Waals surface area contributed by atoms with Crippen molar-refractivity contribution in [1.29, 1.82) is 0 Å². The fourth-order valence-electron chi connectivity index (χ4n) is 3.50. The van der Waals surface area contributed by atoms with E-state index in [0.717, 1.165) is 43.1 Å². The van der Waals surface area contributed by atoms with E-state index >= 15 is 0 Å². The van der Waals surface area contributed by atoms with Crippen LogP contribution in [0.1, 0.15) is 24.1 Å². The normalized spacial score (nSPS) is 14.8. The number of nitrogens with one attached hydrogen (secondary N) is 2. The first-order valence-electron chi connectivity index (χ1n) is 10.3. The molecule has 1 unspecified atom stereocenters. The third-order valence-corrected chi connectivity index (χ3v) is 5.55. The summed E-state index contributed by atoms with van der Waals surface area (Å²) in [6.07, 6.45) is 3.62. The largest absolute Gasteiger partial charge is 0.378 e. The van der Waals surface area contributed by atoms with Crippen LogP contribution in [0.4, 0.5) is 10.5 Å². The van der Waals surface area contributed by atoms with E-state index in [1.54, 1.807) is 10.9 Å². The van der Waals surface area contributed by atoms with Crippen molar-refractivity contribution >= 4 is 23.3 Å². The van der Waals surface area contributed by atoms with Crippen molar-refractivity contribution in [2.75, 3.05) is 31.2 Å². The van der Waals surface area contributed by atoms with Gasteiger partial charge >= 0.3 is 6.03 Å². The minimum Gasteiger partial charge on any atom is -0.378 e. The van der Waals surface area contributed by atoms with Gasteiger partial charge in [0.05, 0.1) is 31.1 Å². The Hall–Kier alpha value is -3.03. The Kier molecular flexibility index (Phi) is 6.74. The molecule has 0 aliphatic carbocycles. The van der Waals surface area contributed by atoms with Crippen molar-refractivity contribution in [3.05, 3.63) is 77.1 Å². The zero-order valence-electron chi connectivity index (χ0n) is 17.4. The third kappa shape index (κ3) is 5.57. The molecule has 31 heavy (non-hydrogen) atoms. The number of ether oxygens (including phenoxy) is 1. The summed E-state index contributed by atoms with van der Waals surface area (Å²) in [7, 11) is 0. The second-order valence-corrected chi connectivity index (χ2v) is 7.95. The molecule has 0 saturated carbocycles. The molecule has 2 aromatic carbocycles. The van der Waals surface area contributed by atoms with Gasteiger partial charge in [-0.25, -0.2) is 9.48 Å². The topological polar surface area (TPSA) is 71.4 Å². The van der Waals surface area contributed by atoms with E-state index in [-0.39, 0.29) is 12.1 Å². The van der Waals surface area contributed by atoms with Crippen LogP contribution in [0.3, 0.4) is 0 Å². The molecular weight excluding hydrogens is 414 g/mol. The van der Waals surface area contributed by atoms with Crippen molar-refractivity contribution in [2.45, 2.75) is 19.5 Å². The van der Waals surface area contributed by atoms with Gasteiger partial charge < -0.3 is 20.3 Å². The number of morpholine rings is 1. The van der Waals surface area contributed by atoms with E-state index in [2.05, 4.69) is 44.9 Å². The Morgan fingerprint density at radius 2 is 1.77 bits per heavy atom. The predicted octanol–water partition coefficient (Wildman–Crippen LogP) is 3.92. The van der Waals surface area contributed by atoms with Gasteiger partial charge in [0.1, 0.15) is 0 Å². The summed E-state index contributed by atoms with van der Waals surface area (Å²) in [5, 5.41) is 10.9. The number of urea groups is 1. The molecule has 1 fully saturated rings. The standard InChI is InChI=1S/C23H26ClN5O2/c1-17(19-2-6-21(7-3-19)28-10-12-31-13-11-28)27-23(30)25-14-18-15-26-29(16-18)22-8-4-20(24)5-9-22/h2-9,15-17H,10-14H2,1H3,(H2,25,27,30). The average molecular weight is 440 g/mol. The molecule has 0 radical (unpaired) electrons. The van der Waals surface area contributed by atoms with Gasteiger partial charge in [0.15, 0.2) is 0 Å². The molecule has 2 amide bonds. The Morgan fingerprint density at radius 3 is 2.48 bits per heavy atom. The molecule has 1 saturated heterocycles. The molecule has 3 aromatic rings. The quantitative estimate of drug-likeness (QED) is 0.610. The lowest BCUT2D eigenvalue weighted by Gasteiger charge is -2.29. The van der Waals surface area contributed by atoms with Crippen LogP contribution in [0.5, 0.6) is 0 Å². The van der Waals surface area contributed by atoms with Crippen LogP contribution in [-0.2, 0) is 11.3 Å². The van der Waals surface area contributed by atoms with E-state index in [1.807, 2.05) is 37.4 Å². The van der Waals surface area contributed by atoms with E-state index < -0.39 is 0 Å². The fourth-order valence-corrected chi connectivity index (χ4v) is 3.62. The Balaban J connectivity index is 1.27. The van der Waals surface area contributed by atoms with Crippen molar-refractivity contribution in [2.24, 2.45) is 0 Å². The second-order valence-electron chi connectivity index (χ2n) is 7.51. The Labute approximate surface area is 187 Å². The highest BCUT2D eigenvalue weighted by molar-refractivity contribution is 6.30. The smallest absolute Gasteiger partial charge is 0.315 e. The predicted molar refractivity (Wildman–Crippen MR) is 122 cm³/mol. The van der Waals surface area contributed by atoms with Crippen LogP contribution >= 0.6 is 11.6 Å². The third-order valence-electron chi connectivity index (χ3n) is 5.30. The first-order chi connectivity index (χ1) is 15.1. The Morgan fingerprint density at radius 1 is 1.10 bits per heavy atom. The molecule has 0 spiro atoms. The van der Waals surface area contributed by atoms with Gasteiger partial charge in [-0.1, -0.05) is 23.7 Å². The lowest BCUT2D eigenvalue weighted by Crippen LogP contribution is -2.37. The van der Waals surface area contributed by atoms with Crippen molar-refractivity contribution < 1.29 is 9.53 Å². The number of anilines is 1. The number of carbonyl (C=O) groups excluding carboxylic acids is 1. The van der Waals surface area contributed by atoms with Crippen LogP contribution in [0.2, 0.25) is 5.02 Å². The molecular formula is C23H26ClN5O2. The summed E-state index contributed by atoms with van der Waals surface area (Å²) in [5.74, 6) is 0. The number of rotatable bonds is 6. The van der Waals surface area contributed by atoms with Gasteiger partial charge in [0, 0.05) is 42.1 Å². The molecule has 7 nitrogen and oxygen atoms in total. The van der Waals surface area contributed by atoms with E-state index in [9.17, 15) is 4.79 Å². The molecule has 0 bridgehead atoms. The maximum atomic E-state index is 12.3. The van der Waals surface area contributed by atoms with Crippen LogP contribution in [0.15, 0.2) is 60.9 Å². The SMILES string of the molecule is CC(NC(=O)NCc1cnn(-c2ccc(Cl)cc2)c1)c1ccc(N2CCOCC2)cc1. The van der Waals surface area contributed by atoms with Crippen molar-refractivity contribution in [1.82, 2.24) is 20.4 Å². The molecule has 162 valence electrons. The van der Waals surface area contributed by atoms with Gasteiger partial charge in [0.2, 0.25) is 0 Å². The fraction of sp³-hybridized carbons (Fsp3) is 0.304. The zero-order chi connectivity index (χ0) is 21.6. The van der Waals surface area contributed by atoms with Gasteiger partial charge in [0.25, 0.3) is 0 Å². The highest BCUT2D eigenvalue weighted by atomic mass is 35.5. The van der Waals surface area contributed by atoms with Crippen molar-refractivity contribution in [3.8, 4) is 5.69 Å². The number of hydrogen-bond donors (Lipinski definition) is 2. The number of carbonyl (C=O) groups is 1. The summed E-state index contributed by atoms with van der Waals surface area (Å²) >= 11 is 5.93. The maximum absolute atomic E-state index is 12.3. The molecule has 4 rings (SSSR count). The molecule has 2 heterocycles. The summed E-state index contributed by atoms with van der Waals surface area (Å²) in [6.45, 7) is 5.70. The molecule has 1 atom stereocenters. The van der Waals surface area contributed by atoms with Crippen LogP contribution in [-0.4, -0.2) is 42.1 Å². The number of amides is 2. The molecule has 8 heteroatoms. The van der Waals surface area contributed by atoms with Crippen LogP contribution in [0, 0.1) is 0 Å². The summed E-state index contributed by atoms with van der Waals surface area (Å²) in [5.41, 5.74) is 4.06. The first kappa shape index (κ1) is 21.2. The molecule has 1 aliphatic heterocycles. The number of hydrogen-bond acceptors (Lipinski definition) is 4. The number of halogens is 1. The number of aromatic nitrogens is 2.